The molecule has 27 heavy (non-hydrogen) atoms. The summed E-state index contributed by atoms with van der Waals surface area (Å²) in [6.07, 6.45) is 3.67. The molecule has 1 aliphatic rings. The number of hydrogen-bond acceptors (Lipinski definition) is 5. The number of nitrogens with zero attached hydrogens (tertiary/aromatic N) is 2. The fourth-order valence-corrected chi connectivity index (χ4v) is 6.22. The lowest BCUT2D eigenvalue weighted by Gasteiger charge is -2.42. The molecule has 0 amide bonds. The third-order valence-corrected chi connectivity index (χ3v) is 8.22. The van der Waals surface area contributed by atoms with E-state index in [-0.39, 0.29) is 17.7 Å². The monoisotopic (exact) mass is 415 g/mol. The van der Waals surface area contributed by atoms with Gasteiger partial charge in [0, 0.05) is 19.6 Å². The fourth-order valence-electron chi connectivity index (χ4n) is 3.75. The van der Waals surface area contributed by atoms with E-state index in [0.29, 0.717) is 4.21 Å². The normalized spacial score (nSPS) is 22.7. The number of likely N-dealkylation sites (tertiary alicyclic amines) is 1. The Kier molecular flexibility index (Phi) is 8.12. The van der Waals surface area contributed by atoms with Crippen LogP contribution >= 0.6 is 11.3 Å². The first-order chi connectivity index (χ1) is 12.8. The minimum Gasteiger partial charge on any atom is -0.390 e. The molecule has 2 rings (SSSR count). The van der Waals surface area contributed by atoms with Gasteiger partial charge in [0.2, 0.25) is 0 Å². The molecular formula is C19H33N3O3S2. The second-order valence-corrected chi connectivity index (χ2v) is 10.9. The Bertz CT molecular complexity index is 700. The first-order valence-corrected chi connectivity index (χ1v) is 12.3. The number of guanidine groups is 1. The summed E-state index contributed by atoms with van der Waals surface area (Å²) in [6.45, 7) is 9.26. The van der Waals surface area contributed by atoms with E-state index in [9.17, 15) is 13.5 Å². The van der Waals surface area contributed by atoms with E-state index >= 15 is 0 Å². The van der Waals surface area contributed by atoms with Crippen LogP contribution in [0.2, 0.25) is 0 Å². The summed E-state index contributed by atoms with van der Waals surface area (Å²) in [6, 6.07) is 3.28. The number of aliphatic hydroxyl groups is 1. The molecule has 2 unspecified atom stereocenters. The summed E-state index contributed by atoms with van der Waals surface area (Å²) in [5, 5.41) is 15.3. The summed E-state index contributed by atoms with van der Waals surface area (Å²) < 4.78 is 24.9. The van der Waals surface area contributed by atoms with Crippen LogP contribution in [-0.2, 0) is 9.84 Å². The SMILES string of the molecule is CCCC1(C)CCCN(C(=NCC(O)CS(=O)(=O)c2cccs2)NCC)C1. The van der Waals surface area contributed by atoms with E-state index in [0.717, 1.165) is 38.4 Å². The first-order valence-electron chi connectivity index (χ1n) is 9.77. The zero-order valence-electron chi connectivity index (χ0n) is 16.6. The molecule has 1 aromatic heterocycles. The van der Waals surface area contributed by atoms with Crippen LogP contribution in [0.25, 0.3) is 0 Å². The zero-order valence-corrected chi connectivity index (χ0v) is 18.3. The number of hydrogen-bond donors (Lipinski definition) is 2. The highest BCUT2D eigenvalue weighted by atomic mass is 32.2. The molecule has 0 radical (unpaired) electrons. The van der Waals surface area contributed by atoms with E-state index in [1.807, 2.05) is 6.92 Å². The number of thiophene rings is 1. The van der Waals surface area contributed by atoms with Crippen molar-refractivity contribution in [2.75, 3.05) is 31.9 Å². The molecule has 1 aromatic rings. The zero-order chi connectivity index (χ0) is 19.9. The van der Waals surface area contributed by atoms with Gasteiger partial charge in [0.05, 0.1) is 18.4 Å². The van der Waals surface area contributed by atoms with Gasteiger partial charge in [-0.3, -0.25) is 4.99 Å². The van der Waals surface area contributed by atoms with Crippen LogP contribution in [-0.4, -0.2) is 62.4 Å². The quantitative estimate of drug-likeness (QED) is 0.504. The molecule has 2 N–H and O–H groups in total. The number of aliphatic imine (C=N–C) groups is 1. The van der Waals surface area contributed by atoms with Crippen molar-refractivity contribution < 1.29 is 13.5 Å². The van der Waals surface area contributed by atoms with Gasteiger partial charge in [-0.05, 0) is 43.0 Å². The standard InChI is InChI=1S/C19H33N3O3S2/c1-4-9-19(3)10-7-11-22(15-19)18(20-5-2)21-13-16(23)14-27(24,25)17-8-6-12-26-17/h6,8,12,16,23H,4-5,7,9-11,13-15H2,1-3H3,(H,20,21). The van der Waals surface area contributed by atoms with Crippen LogP contribution < -0.4 is 5.32 Å². The van der Waals surface area contributed by atoms with Crippen LogP contribution in [0.1, 0.15) is 46.5 Å². The molecule has 1 saturated heterocycles. The van der Waals surface area contributed by atoms with Crippen molar-refractivity contribution in [3.05, 3.63) is 17.5 Å². The molecule has 0 spiro atoms. The van der Waals surface area contributed by atoms with Crippen molar-refractivity contribution in [1.29, 1.82) is 0 Å². The van der Waals surface area contributed by atoms with E-state index in [1.165, 1.54) is 24.2 Å². The van der Waals surface area contributed by atoms with Crippen molar-refractivity contribution in [3.8, 4) is 0 Å². The largest absolute Gasteiger partial charge is 0.390 e. The third kappa shape index (κ3) is 6.47. The highest BCUT2D eigenvalue weighted by molar-refractivity contribution is 7.93. The van der Waals surface area contributed by atoms with E-state index in [2.05, 4.69) is 29.1 Å². The maximum absolute atomic E-state index is 12.3. The van der Waals surface area contributed by atoms with Crippen molar-refractivity contribution in [2.45, 2.75) is 56.8 Å². The molecule has 2 heterocycles. The van der Waals surface area contributed by atoms with Gasteiger partial charge < -0.3 is 15.3 Å². The van der Waals surface area contributed by atoms with Crippen LogP contribution in [0.4, 0.5) is 0 Å². The van der Waals surface area contributed by atoms with Gasteiger partial charge in [-0.2, -0.15) is 0 Å². The number of sulfone groups is 1. The summed E-state index contributed by atoms with van der Waals surface area (Å²) in [7, 11) is -3.46. The minimum absolute atomic E-state index is 0.0773. The van der Waals surface area contributed by atoms with Gasteiger partial charge in [0.1, 0.15) is 4.21 Å². The maximum atomic E-state index is 12.3. The molecule has 1 fully saturated rings. The fraction of sp³-hybridized carbons (Fsp3) is 0.737. The lowest BCUT2D eigenvalue weighted by atomic mass is 9.78. The molecule has 8 heteroatoms. The van der Waals surface area contributed by atoms with Crippen molar-refractivity contribution in [3.63, 3.8) is 0 Å². The Balaban J connectivity index is 2.02. The Morgan fingerprint density at radius 2 is 2.26 bits per heavy atom. The Hall–Kier alpha value is -1.12. The average molecular weight is 416 g/mol. The maximum Gasteiger partial charge on any atom is 0.194 e. The summed E-state index contributed by atoms with van der Waals surface area (Å²) >= 11 is 1.18. The van der Waals surface area contributed by atoms with Crippen LogP contribution in [0.15, 0.2) is 26.7 Å². The highest BCUT2D eigenvalue weighted by Gasteiger charge is 2.31. The van der Waals surface area contributed by atoms with Crippen molar-refractivity contribution in [2.24, 2.45) is 10.4 Å². The molecule has 1 aliphatic heterocycles. The lowest BCUT2D eigenvalue weighted by Crippen LogP contribution is -2.50. The predicted octanol–water partition coefficient (Wildman–Crippen LogP) is 2.75. The van der Waals surface area contributed by atoms with Crippen LogP contribution in [0, 0.1) is 5.41 Å². The highest BCUT2D eigenvalue weighted by Crippen LogP contribution is 2.33. The Morgan fingerprint density at radius 3 is 2.89 bits per heavy atom. The van der Waals surface area contributed by atoms with Gasteiger partial charge in [0.25, 0.3) is 0 Å². The van der Waals surface area contributed by atoms with E-state index in [1.54, 1.807) is 17.5 Å². The third-order valence-electron chi connectivity index (χ3n) is 4.93. The second kappa shape index (κ2) is 9.89. The first kappa shape index (κ1) is 22.2. The van der Waals surface area contributed by atoms with Gasteiger partial charge in [-0.15, -0.1) is 11.3 Å². The van der Waals surface area contributed by atoms with Gasteiger partial charge >= 0.3 is 0 Å². The lowest BCUT2D eigenvalue weighted by molar-refractivity contribution is 0.142. The number of piperidine rings is 1. The minimum atomic E-state index is -3.46. The number of aliphatic hydroxyl groups excluding tert-OH is 1. The summed E-state index contributed by atoms with van der Waals surface area (Å²) in [5.41, 5.74) is 0.282. The van der Waals surface area contributed by atoms with E-state index < -0.39 is 15.9 Å². The molecular weight excluding hydrogens is 382 g/mol. The average Bonchev–Trinajstić information content (AvgIpc) is 3.14. The van der Waals surface area contributed by atoms with Gasteiger partial charge in [-0.25, -0.2) is 8.42 Å². The number of rotatable bonds is 8. The molecule has 6 nitrogen and oxygen atoms in total. The molecule has 0 bridgehead atoms. The van der Waals surface area contributed by atoms with Gasteiger partial charge in [0.15, 0.2) is 15.8 Å². The molecule has 154 valence electrons. The number of nitrogens with one attached hydrogen (secondary N) is 1. The predicted molar refractivity (Wildman–Crippen MR) is 112 cm³/mol. The second-order valence-electron chi connectivity index (χ2n) is 7.65. The van der Waals surface area contributed by atoms with Crippen LogP contribution in [0.3, 0.4) is 0 Å². The molecule has 0 aromatic carbocycles. The summed E-state index contributed by atoms with van der Waals surface area (Å²) in [5.74, 6) is 0.469. The van der Waals surface area contributed by atoms with Crippen molar-refractivity contribution >= 4 is 27.1 Å². The van der Waals surface area contributed by atoms with E-state index in [4.69, 9.17) is 0 Å². The van der Waals surface area contributed by atoms with Crippen molar-refractivity contribution in [1.82, 2.24) is 10.2 Å². The van der Waals surface area contributed by atoms with Crippen LogP contribution in [0.5, 0.6) is 0 Å². The molecule has 0 aliphatic carbocycles. The Labute approximate surface area is 167 Å². The smallest absolute Gasteiger partial charge is 0.194 e. The summed E-state index contributed by atoms with van der Waals surface area (Å²) in [4.78, 5) is 6.80. The Morgan fingerprint density at radius 1 is 1.48 bits per heavy atom. The molecule has 2 atom stereocenters. The molecule has 0 saturated carbocycles. The van der Waals surface area contributed by atoms with Gasteiger partial charge in [-0.1, -0.05) is 26.3 Å². The topological polar surface area (TPSA) is 82.0 Å².